The first kappa shape index (κ1) is 30.4. The number of aromatic carboxylic acids is 1. The van der Waals surface area contributed by atoms with Gasteiger partial charge in [0.25, 0.3) is 0 Å². The Morgan fingerprint density at radius 1 is 0.935 bits per heavy atom. The number of carboxylic acids is 1. The lowest BCUT2D eigenvalue weighted by Gasteiger charge is -2.13. The van der Waals surface area contributed by atoms with Gasteiger partial charge in [0.2, 0.25) is 0 Å². The van der Waals surface area contributed by atoms with E-state index in [1.165, 1.54) is 11.3 Å². The number of ether oxygens (including phenoxy) is 1. The third-order valence-corrected chi connectivity index (χ3v) is 10.4. The van der Waals surface area contributed by atoms with Crippen LogP contribution in [0.25, 0.3) is 32.8 Å². The fourth-order valence-corrected chi connectivity index (χ4v) is 8.21. The smallest absolute Gasteiger partial charge is 0.352 e. The Labute approximate surface area is 276 Å². The van der Waals surface area contributed by atoms with Gasteiger partial charge in [-0.25, -0.2) is 4.79 Å². The Morgan fingerprint density at radius 2 is 1.76 bits per heavy atom. The average molecular weight is 654 g/mol. The number of nitrogens with zero attached hydrogens (tertiary/aromatic N) is 5. The number of fused-ring (bicyclic) bond motifs is 8. The fraction of sp³-hybridized carbons (Fsp3) is 0.306. The first-order valence-electron chi connectivity index (χ1n) is 15.5. The van der Waals surface area contributed by atoms with Crippen molar-refractivity contribution in [3.63, 3.8) is 0 Å². The van der Waals surface area contributed by atoms with E-state index in [1.54, 1.807) is 16.3 Å². The molecule has 8 bridgehead atoms. The molecular formula is C36H36ClN5O3S. The minimum atomic E-state index is -0.960. The summed E-state index contributed by atoms with van der Waals surface area (Å²) in [5.41, 5.74) is 8.99. The molecule has 46 heavy (non-hydrogen) atoms. The maximum absolute atomic E-state index is 12.7. The molecule has 0 atom stereocenters. The van der Waals surface area contributed by atoms with Gasteiger partial charge in [-0.15, -0.1) is 11.8 Å². The van der Waals surface area contributed by atoms with Crippen molar-refractivity contribution in [1.29, 1.82) is 0 Å². The summed E-state index contributed by atoms with van der Waals surface area (Å²) in [5.74, 6) is 1.34. The van der Waals surface area contributed by atoms with E-state index in [0.717, 1.165) is 79.8 Å². The highest BCUT2D eigenvalue weighted by Gasteiger charge is 2.27. The Balaban J connectivity index is 1.36. The van der Waals surface area contributed by atoms with Crippen LogP contribution in [0.5, 0.6) is 5.75 Å². The van der Waals surface area contributed by atoms with Crippen LogP contribution in [0.1, 0.15) is 50.8 Å². The summed E-state index contributed by atoms with van der Waals surface area (Å²) < 4.78 is 12.1. The van der Waals surface area contributed by atoms with Crippen molar-refractivity contribution in [3.8, 4) is 16.9 Å². The van der Waals surface area contributed by atoms with Gasteiger partial charge >= 0.3 is 5.97 Å². The molecule has 0 fully saturated rings. The molecule has 1 N–H and O–H groups in total. The number of thioether (sulfide) groups is 1. The molecule has 8 nitrogen and oxygen atoms in total. The van der Waals surface area contributed by atoms with Gasteiger partial charge < -0.3 is 14.4 Å². The summed E-state index contributed by atoms with van der Waals surface area (Å²) in [4.78, 5) is 12.7. The second-order valence-electron chi connectivity index (χ2n) is 12.1. The van der Waals surface area contributed by atoms with Crippen LogP contribution in [0.4, 0.5) is 0 Å². The summed E-state index contributed by atoms with van der Waals surface area (Å²) in [5, 5.41) is 23.7. The second kappa shape index (κ2) is 12.2. The number of hydrogen-bond donors (Lipinski definition) is 1. The van der Waals surface area contributed by atoms with Crippen molar-refractivity contribution < 1.29 is 14.6 Å². The van der Waals surface area contributed by atoms with Gasteiger partial charge in [-0.2, -0.15) is 10.2 Å². The molecule has 3 aromatic heterocycles. The van der Waals surface area contributed by atoms with E-state index in [2.05, 4.69) is 36.4 Å². The summed E-state index contributed by atoms with van der Waals surface area (Å²) in [6.07, 6.45) is 2.94. The summed E-state index contributed by atoms with van der Waals surface area (Å²) >= 11 is 8.76. The normalized spacial score (nSPS) is 14.3. The molecule has 0 amide bonds. The summed E-state index contributed by atoms with van der Waals surface area (Å²) in [6.45, 7) is 2.44. The number of halogens is 1. The van der Waals surface area contributed by atoms with Crippen molar-refractivity contribution in [2.45, 2.75) is 44.1 Å². The third-order valence-electron chi connectivity index (χ3n) is 9.10. The van der Waals surface area contributed by atoms with Gasteiger partial charge in [0.15, 0.2) is 0 Å². The number of carboxylic acid groups (broad SMARTS) is 1. The number of rotatable bonds is 1. The van der Waals surface area contributed by atoms with Gasteiger partial charge in [0.05, 0.1) is 34.2 Å². The van der Waals surface area contributed by atoms with Crippen LogP contribution >= 0.6 is 23.4 Å². The topological polar surface area (TPSA) is 87.1 Å². The zero-order chi connectivity index (χ0) is 32.1. The van der Waals surface area contributed by atoms with E-state index in [9.17, 15) is 9.90 Å². The van der Waals surface area contributed by atoms with Crippen LogP contribution in [0.2, 0.25) is 5.02 Å². The number of hydrogen-bond acceptors (Lipinski definition) is 5. The predicted molar refractivity (Wildman–Crippen MR) is 185 cm³/mol. The minimum Gasteiger partial charge on any atom is -0.493 e. The van der Waals surface area contributed by atoms with Crippen LogP contribution < -0.4 is 4.74 Å². The Hall–Kier alpha value is -4.21. The quantitative estimate of drug-likeness (QED) is 0.196. The number of aryl methyl sites for hydroxylation is 7. The van der Waals surface area contributed by atoms with E-state index in [0.29, 0.717) is 30.2 Å². The first-order chi connectivity index (χ1) is 22.2. The molecule has 3 aromatic carbocycles. The number of aromatic nitrogens is 5. The van der Waals surface area contributed by atoms with E-state index >= 15 is 0 Å². The molecule has 1 aliphatic heterocycles. The van der Waals surface area contributed by atoms with Crippen molar-refractivity contribution >= 4 is 51.0 Å². The highest BCUT2D eigenvalue weighted by molar-refractivity contribution is 7.97. The zero-order valence-corrected chi connectivity index (χ0v) is 28.0. The Morgan fingerprint density at radius 3 is 2.59 bits per heavy atom. The molecule has 0 aliphatic carbocycles. The van der Waals surface area contributed by atoms with Gasteiger partial charge in [0.1, 0.15) is 11.4 Å². The molecule has 1 aliphatic rings. The van der Waals surface area contributed by atoms with E-state index in [1.807, 2.05) is 55.6 Å². The van der Waals surface area contributed by atoms with E-state index in [-0.39, 0.29) is 5.69 Å². The highest BCUT2D eigenvalue weighted by Crippen LogP contribution is 2.42. The predicted octanol–water partition coefficient (Wildman–Crippen LogP) is 7.67. The number of carbonyl (C=O) groups is 1. The lowest BCUT2D eigenvalue weighted by atomic mass is 9.98. The van der Waals surface area contributed by atoms with Crippen LogP contribution in [0, 0.1) is 6.92 Å². The minimum absolute atomic E-state index is 0.275. The molecule has 0 saturated carbocycles. The molecule has 236 valence electrons. The molecule has 0 saturated heterocycles. The zero-order valence-electron chi connectivity index (χ0n) is 26.4. The van der Waals surface area contributed by atoms with Crippen molar-refractivity contribution in [1.82, 2.24) is 24.1 Å². The maximum atomic E-state index is 12.7. The third kappa shape index (κ3) is 5.35. The van der Waals surface area contributed by atoms with Crippen LogP contribution in [0.3, 0.4) is 0 Å². The van der Waals surface area contributed by atoms with Gasteiger partial charge in [-0.3, -0.25) is 9.36 Å². The standard InChI is InChI=1S/C36H36ClN5O3S/c1-21-32-30(42(4)38-21)20-46-19-24-18-25(41(3)39-24)12-11-22-16-23-8-5-6-9-26(23)31(17-22)45-15-7-10-27-28-13-14-29(37)33(32)34(28)40(2)35(27)36(43)44/h5-6,8-9,13-14,16-18H,7,10-12,15,19-20H2,1-4H3,(H,43,44). The van der Waals surface area contributed by atoms with Crippen molar-refractivity contribution in [2.75, 3.05) is 6.61 Å². The van der Waals surface area contributed by atoms with Gasteiger partial charge in [0, 0.05) is 60.2 Å². The summed E-state index contributed by atoms with van der Waals surface area (Å²) in [6, 6.07) is 18.7. The number of benzene rings is 3. The van der Waals surface area contributed by atoms with E-state index < -0.39 is 5.97 Å². The summed E-state index contributed by atoms with van der Waals surface area (Å²) in [7, 11) is 5.79. The molecule has 0 unspecified atom stereocenters. The van der Waals surface area contributed by atoms with Gasteiger partial charge in [-0.05, 0) is 67.3 Å². The van der Waals surface area contributed by atoms with Gasteiger partial charge in [-0.1, -0.05) is 48.0 Å². The molecular weight excluding hydrogens is 618 g/mol. The van der Waals surface area contributed by atoms with Crippen molar-refractivity contribution in [2.24, 2.45) is 21.1 Å². The SMILES string of the molecule is Cc1nn(C)c2c1-c1c(Cl)ccc3c(c(C(=O)O)n(C)c13)CCCOc1cc(cc3ccccc13)CCc1cc(nn1C)CSC2. The van der Waals surface area contributed by atoms with E-state index in [4.69, 9.17) is 26.5 Å². The van der Waals surface area contributed by atoms with Crippen LogP contribution in [0.15, 0.2) is 54.6 Å². The lowest BCUT2D eigenvalue weighted by molar-refractivity contribution is 0.0685. The molecule has 4 heterocycles. The Bertz CT molecular complexity index is 2140. The largest absolute Gasteiger partial charge is 0.493 e. The monoisotopic (exact) mass is 653 g/mol. The molecule has 7 rings (SSSR count). The Kier molecular flexibility index (Phi) is 8.07. The highest BCUT2D eigenvalue weighted by atomic mass is 35.5. The van der Waals surface area contributed by atoms with Crippen LogP contribution in [-0.4, -0.2) is 41.8 Å². The molecule has 0 radical (unpaired) electrons. The molecule has 10 heteroatoms. The van der Waals surface area contributed by atoms with Crippen LogP contribution in [-0.2, 0) is 51.9 Å². The maximum Gasteiger partial charge on any atom is 0.352 e. The fourth-order valence-electron chi connectivity index (χ4n) is 6.99. The molecule has 6 aromatic rings. The lowest BCUT2D eigenvalue weighted by Crippen LogP contribution is -2.09. The average Bonchev–Trinajstić information content (AvgIpc) is 3.62. The first-order valence-corrected chi connectivity index (χ1v) is 17.0. The van der Waals surface area contributed by atoms with Crippen molar-refractivity contribution in [3.05, 3.63) is 99.2 Å². The molecule has 0 spiro atoms. The second-order valence-corrected chi connectivity index (χ2v) is 13.4.